The number of aromatic nitrogens is 1. The van der Waals surface area contributed by atoms with E-state index in [4.69, 9.17) is 21.2 Å². The summed E-state index contributed by atoms with van der Waals surface area (Å²) < 4.78 is 11.5. The monoisotopic (exact) mass is 387 g/mol. The Labute approximate surface area is 158 Å². The van der Waals surface area contributed by atoms with Crippen molar-refractivity contribution in [3.63, 3.8) is 0 Å². The standard InChI is InChI=1S/C17H17N5O4S/c1-25-12-6-11-14(7-13(12)26-2)27-17(20-11)8-3-4-9(15(23)21-18)10(5-8)16(24)22-19/h3-7H,18-19H2,1-2H3,(H,21,23)(H,22,24). The third-order valence-corrected chi connectivity index (χ3v) is 4.98. The first-order chi connectivity index (χ1) is 13.0. The zero-order valence-corrected chi connectivity index (χ0v) is 15.3. The lowest BCUT2D eigenvalue weighted by Crippen LogP contribution is -2.35. The molecular formula is C17H17N5O4S. The van der Waals surface area contributed by atoms with E-state index in [9.17, 15) is 9.59 Å². The summed E-state index contributed by atoms with van der Waals surface area (Å²) in [6, 6.07) is 8.33. The molecule has 0 atom stereocenters. The van der Waals surface area contributed by atoms with Crippen LogP contribution in [-0.4, -0.2) is 31.0 Å². The van der Waals surface area contributed by atoms with Crippen molar-refractivity contribution in [2.75, 3.05) is 14.2 Å². The summed E-state index contributed by atoms with van der Waals surface area (Å²) in [6.07, 6.45) is 0. The van der Waals surface area contributed by atoms with Crippen LogP contribution in [0, 0.1) is 0 Å². The number of nitrogens with zero attached hydrogens (tertiary/aromatic N) is 1. The number of fused-ring (bicyclic) bond motifs is 1. The molecule has 0 radical (unpaired) electrons. The Morgan fingerprint density at radius 2 is 1.59 bits per heavy atom. The molecule has 140 valence electrons. The molecule has 0 saturated heterocycles. The molecule has 0 aliphatic carbocycles. The summed E-state index contributed by atoms with van der Waals surface area (Å²) in [4.78, 5) is 28.5. The fourth-order valence-corrected chi connectivity index (χ4v) is 3.57. The van der Waals surface area contributed by atoms with Gasteiger partial charge in [0.1, 0.15) is 5.01 Å². The van der Waals surface area contributed by atoms with Crippen molar-refractivity contribution in [1.29, 1.82) is 0 Å². The molecule has 1 heterocycles. The average molecular weight is 387 g/mol. The van der Waals surface area contributed by atoms with Crippen LogP contribution in [0.4, 0.5) is 0 Å². The minimum Gasteiger partial charge on any atom is -0.493 e. The van der Waals surface area contributed by atoms with Crippen molar-refractivity contribution in [2.45, 2.75) is 0 Å². The van der Waals surface area contributed by atoms with Crippen molar-refractivity contribution < 1.29 is 19.1 Å². The minimum atomic E-state index is -0.611. The van der Waals surface area contributed by atoms with Gasteiger partial charge in [0, 0.05) is 17.7 Å². The maximum atomic E-state index is 12.1. The van der Waals surface area contributed by atoms with Crippen LogP contribution in [-0.2, 0) is 0 Å². The highest BCUT2D eigenvalue weighted by Gasteiger charge is 2.19. The van der Waals surface area contributed by atoms with Crippen molar-refractivity contribution in [2.24, 2.45) is 11.7 Å². The van der Waals surface area contributed by atoms with Crippen LogP contribution in [0.1, 0.15) is 20.7 Å². The number of ether oxygens (including phenoxy) is 2. The number of hydrazine groups is 2. The van der Waals surface area contributed by atoms with Crippen LogP contribution in [0.3, 0.4) is 0 Å². The molecule has 27 heavy (non-hydrogen) atoms. The molecule has 10 heteroatoms. The summed E-state index contributed by atoms with van der Waals surface area (Å²) in [5.41, 5.74) is 5.61. The number of nitrogens with one attached hydrogen (secondary N) is 2. The third-order valence-electron chi connectivity index (χ3n) is 3.91. The van der Waals surface area contributed by atoms with E-state index in [1.807, 2.05) is 16.9 Å². The number of methoxy groups -OCH3 is 2. The predicted octanol–water partition coefficient (Wildman–Crippen LogP) is 1.19. The molecule has 2 amide bonds. The van der Waals surface area contributed by atoms with E-state index in [0.29, 0.717) is 22.1 Å². The molecular weight excluding hydrogens is 370 g/mol. The van der Waals surface area contributed by atoms with Gasteiger partial charge in [-0.3, -0.25) is 20.4 Å². The van der Waals surface area contributed by atoms with Crippen LogP contribution >= 0.6 is 11.3 Å². The van der Waals surface area contributed by atoms with Gasteiger partial charge in [-0.05, 0) is 12.1 Å². The second kappa shape index (κ2) is 7.58. The molecule has 3 rings (SSSR count). The first-order valence-corrected chi connectivity index (χ1v) is 8.53. The number of benzene rings is 2. The zero-order chi connectivity index (χ0) is 19.6. The second-order valence-electron chi connectivity index (χ2n) is 5.40. The lowest BCUT2D eigenvalue weighted by atomic mass is 10.0. The third kappa shape index (κ3) is 3.40. The minimum absolute atomic E-state index is 0.0902. The maximum absolute atomic E-state index is 12.1. The van der Waals surface area contributed by atoms with Crippen LogP contribution in [0.15, 0.2) is 30.3 Å². The van der Waals surface area contributed by atoms with E-state index in [-0.39, 0.29) is 11.1 Å². The van der Waals surface area contributed by atoms with Gasteiger partial charge in [-0.15, -0.1) is 11.3 Å². The molecule has 2 aromatic carbocycles. The van der Waals surface area contributed by atoms with Gasteiger partial charge in [0.15, 0.2) is 11.5 Å². The second-order valence-corrected chi connectivity index (χ2v) is 6.43. The summed E-state index contributed by atoms with van der Waals surface area (Å²) in [7, 11) is 3.11. The van der Waals surface area contributed by atoms with Gasteiger partial charge in [-0.2, -0.15) is 0 Å². The molecule has 3 aromatic rings. The molecule has 0 aliphatic heterocycles. The van der Waals surface area contributed by atoms with Crippen molar-refractivity contribution in [1.82, 2.24) is 15.8 Å². The van der Waals surface area contributed by atoms with Gasteiger partial charge in [-0.25, -0.2) is 16.7 Å². The largest absolute Gasteiger partial charge is 0.493 e. The SMILES string of the molecule is COc1cc2nc(-c3ccc(C(=O)NN)c(C(=O)NN)c3)sc2cc1OC. The highest BCUT2D eigenvalue weighted by atomic mass is 32.1. The number of hydrogen-bond acceptors (Lipinski definition) is 8. The van der Waals surface area contributed by atoms with Gasteiger partial charge < -0.3 is 9.47 Å². The first kappa shape index (κ1) is 18.6. The van der Waals surface area contributed by atoms with Crippen molar-refractivity contribution >= 4 is 33.4 Å². The smallest absolute Gasteiger partial charge is 0.266 e. The summed E-state index contributed by atoms with van der Waals surface area (Å²) in [5.74, 6) is 10.4. The number of nitrogens with two attached hydrogens (primary N) is 2. The fourth-order valence-electron chi connectivity index (χ4n) is 2.60. The topological polar surface area (TPSA) is 142 Å². The lowest BCUT2D eigenvalue weighted by molar-refractivity contribution is 0.0919. The summed E-state index contributed by atoms with van der Waals surface area (Å²) in [6.45, 7) is 0. The molecule has 0 bridgehead atoms. The molecule has 0 saturated carbocycles. The Hall–Kier alpha value is -3.21. The van der Waals surface area contributed by atoms with Crippen LogP contribution in [0.25, 0.3) is 20.8 Å². The molecule has 1 aromatic heterocycles. The number of carbonyl (C=O) groups excluding carboxylic acids is 2. The highest BCUT2D eigenvalue weighted by molar-refractivity contribution is 7.21. The van der Waals surface area contributed by atoms with Gasteiger partial charge in [0.25, 0.3) is 11.8 Å². The average Bonchev–Trinajstić information content (AvgIpc) is 3.13. The highest BCUT2D eigenvalue weighted by Crippen LogP contribution is 2.37. The van der Waals surface area contributed by atoms with E-state index in [0.717, 1.165) is 10.2 Å². The van der Waals surface area contributed by atoms with Gasteiger partial charge in [0.05, 0.1) is 35.6 Å². The van der Waals surface area contributed by atoms with Gasteiger partial charge >= 0.3 is 0 Å². The van der Waals surface area contributed by atoms with E-state index in [1.165, 1.54) is 17.4 Å². The summed E-state index contributed by atoms with van der Waals surface area (Å²) in [5, 5.41) is 0.658. The fraction of sp³-hybridized carbons (Fsp3) is 0.118. The normalized spacial score (nSPS) is 10.5. The lowest BCUT2D eigenvalue weighted by Gasteiger charge is -2.08. The Bertz CT molecular complexity index is 993. The number of hydrogen-bond donors (Lipinski definition) is 4. The maximum Gasteiger partial charge on any atom is 0.266 e. The van der Waals surface area contributed by atoms with Crippen LogP contribution in [0.5, 0.6) is 11.5 Å². The molecule has 0 fully saturated rings. The van der Waals surface area contributed by atoms with E-state index in [2.05, 4.69) is 4.98 Å². The molecule has 0 spiro atoms. The Balaban J connectivity index is 2.13. The van der Waals surface area contributed by atoms with Crippen LogP contribution < -0.4 is 32.0 Å². The quantitative estimate of drug-likeness (QED) is 0.293. The van der Waals surface area contributed by atoms with Crippen LogP contribution in [0.2, 0.25) is 0 Å². The van der Waals surface area contributed by atoms with Crippen molar-refractivity contribution in [3.8, 4) is 22.1 Å². The number of amides is 2. The molecule has 6 N–H and O–H groups in total. The number of rotatable bonds is 5. The first-order valence-electron chi connectivity index (χ1n) is 7.71. The van der Waals surface area contributed by atoms with E-state index < -0.39 is 11.8 Å². The zero-order valence-electron chi connectivity index (χ0n) is 14.5. The molecule has 0 unspecified atom stereocenters. The Kier molecular flexibility index (Phi) is 5.21. The predicted molar refractivity (Wildman–Crippen MR) is 101 cm³/mol. The van der Waals surface area contributed by atoms with Gasteiger partial charge in [-0.1, -0.05) is 6.07 Å². The Morgan fingerprint density at radius 3 is 2.22 bits per heavy atom. The van der Waals surface area contributed by atoms with E-state index >= 15 is 0 Å². The number of nitrogen functional groups attached to an aromatic ring is 2. The van der Waals surface area contributed by atoms with Gasteiger partial charge in [0.2, 0.25) is 0 Å². The molecule has 9 nitrogen and oxygen atoms in total. The number of carbonyl (C=O) groups is 2. The van der Waals surface area contributed by atoms with Crippen molar-refractivity contribution in [3.05, 3.63) is 41.5 Å². The summed E-state index contributed by atoms with van der Waals surface area (Å²) >= 11 is 1.41. The number of thiazole rings is 1. The van der Waals surface area contributed by atoms with E-state index in [1.54, 1.807) is 32.4 Å². The Morgan fingerprint density at radius 1 is 0.963 bits per heavy atom. The molecule has 0 aliphatic rings.